The molecule has 1 spiro atoms. The van der Waals surface area contributed by atoms with Gasteiger partial charge in [0.2, 0.25) is 5.91 Å². The molecule has 0 radical (unpaired) electrons. The topological polar surface area (TPSA) is 32.8 Å². The molecule has 2 saturated heterocycles. The van der Waals surface area contributed by atoms with Crippen molar-refractivity contribution < 1.29 is 9.53 Å². The van der Waals surface area contributed by atoms with Crippen LogP contribution in [-0.4, -0.2) is 55.6 Å². The molecule has 144 valence electrons. The van der Waals surface area contributed by atoms with Crippen molar-refractivity contribution in [3.63, 3.8) is 0 Å². The summed E-state index contributed by atoms with van der Waals surface area (Å²) in [5.41, 5.74) is -0.186. The summed E-state index contributed by atoms with van der Waals surface area (Å²) in [6, 6.07) is 4.70. The molecule has 3 aliphatic rings. The molecule has 2 aliphatic heterocycles. The van der Waals surface area contributed by atoms with E-state index < -0.39 is 0 Å². The molecule has 1 atom stereocenters. The van der Waals surface area contributed by atoms with Gasteiger partial charge in [-0.15, -0.1) is 11.3 Å². The molecule has 1 saturated carbocycles. The zero-order valence-electron chi connectivity index (χ0n) is 16.2. The van der Waals surface area contributed by atoms with Crippen LogP contribution in [0.15, 0.2) is 12.1 Å². The maximum atomic E-state index is 12.8. The number of carbonyl (C=O) groups excluding carboxylic acids is 1. The largest absolute Gasteiger partial charge is 0.380 e. The minimum Gasteiger partial charge on any atom is -0.380 e. The number of nitrogens with zero attached hydrogens (tertiary/aromatic N) is 2. The highest BCUT2D eigenvalue weighted by molar-refractivity contribution is 7.12. The average molecular weight is 377 g/mol. The van der Waals surface area contributed by atoms with E-state index in [1.165, 1.54) is 30.6 Å². The van der Waals surface area contributed by atoms with E-state index in [0.29, 0.717) is 5.91 Å². The first-order valence-corrected chi connectivity index (χ1v) is 11.0. The minimum atomic E-state index is -0.186. The van der Waals surface area contributed by atoms with Crippen LogP contribution in [0, 0.1) is 5.41 Å². The molecule has 0 N–H and O–H groups in total. The maximum absolute atomic E-state index is 12.8. The number of hydrogen-bond acceptors (Lipinski definition) is 4. The van der Waals surface area contributed by atoms with Crippen LogP contribution in [0.2, 0.25) is 0 Å². The van der Waals surface area contributed by atoms with Crippen LogP contribution in [-0.2, 0) is 16.1 Å². The number of hydrogen-bond donors (Lipinski definition) is 0. The number of piperidine rings is 2. The summed E-state index contributed by atoms with van der Waals surface area (Å²) in [5.74, 6) is 1.16. The molecule has 4 rings (SSSR count). The fraction of sp³-hybridized carbons (Fsp3) is 0.762. The van der Waals surface area contributed by atoms with Gasteiger partial charge in [-0.05, 0) is 63.2 Å². The van der Waals surface area contributed by atoms with Gasteiger partial charge in [0.1, 0.15) is 0 Å². The fourth-order valence-electron chi connectivity index (χ4n) is 5.23. The summed E-state index contributed by atoms with van der Waals surface area (Å²) >= 11 is 2.02. The zero-order valence-corrected chi connectivity index (χ0v) is 17.0. The monoisotopic (exact) mass is 376 g/mol. The Bertz CT molecular complexity index is 630. The van der Waals surface area contributed by atoms with Crippen molar-refractivity contribution in [2.24, 2.45) is 5.41 Å². The summed E-state index contributed by atoms with van der Waals surface area (Å²) in [7, 11) is 3.70. The number of likely N-dealkylation sites (N-methyl/N-ethyl adjacent to an activating group) is 1. The number of amides is 1. The SMILES string of the molecule is COC1CN(C)C(=O)C2(CCN(Cc3ccc(C4CCCC4)s3)CC2)C1. The van der Waals surface area contributed by atoms with E-state index in [9.17, 15) is 4.79 Å². The van der Waals surface area contributed by atoms with E-state index in [1.807, 2.05) is 23.3 Å². The second kappa shape index (κ2) is 7.61. The van der Waals surface area contributed by atoms with E-state index in [-0.39, 0.29) is 11.5 Å². The normalized spacial score (nSPS) is 27.5. The first-order chi connectivity index (χ1) is 12.6. The molecule has 1 aliphatic carbocycles. The fourth-order valence-corrected chi connectivity index (χ4v) is 6.45. The van der Waals surface area contributed by atoms with Crippen LogP contribution in [0.4, 0.5) is 0 Å². The minimum absolute atomic E-state index is 0.186. The van der Waals surface area contributed by atoms with Crippen molar-refractivity contribution in [3.8, 4) is 0 Å². The van der Waals surface area contributed by atoms with Gasteiger partial charge >= 0.3 is 0 Å². The Kier molecular flexibility index (Phi) is 5.40. The Labute approximate surface area is 161 Å². The van der Waals surface area contributed by atoms with E-state index in [0.717, 1.165) is 51.4 Å². The van der Waals surface area contributed by atoms with Crippen molar-refractivity contribution in [1.29, 1.82) is 0 Å². The van der Waals surface area contributed by atoms with Crippen LogP contribution < -0.4 is 0 Å². The van der Waals surface area contributed by atoms with Gasteiger partial charge in [0, 0.05) is 37.0 Å². The predicted molar refractivity (Wildman–Crippen MR) is 106 cm³/mol. The number of carbonyl (C=O) groups is 1. The van der Waals surface area contributed by atoms with Gasteiger partial charge in [-0.1, -0.05) is 12.8 Å². The molecule has 3 heterocycles. The van der Waals surface area contributed by atoms with E-state index >= 15 is 0 Å². The highest BCUT2D eigenvalue weighted by atomic mass is 32.1. The Hall–Kier alpha value is -0.910. The maximum Gasteiger partial charge on any atom is 0.228 e. The van der Waals surface area contributed by atoms with Crippen LogP contribution in [0.25, 0.3) is 0 Å². The lowest BCUT2D eigenvalue weighted by atomic mass is 9.71. The lowest BCUT2D eigenvalue weighted by Gasteiger charge is -2.47. The van der Waals surface area contributed by atoms with Gasteiger partial charge in [-0.25, -0.2) is 0 Å². The summed E-state index contributed by atoms with van der Waals surface area (Å²) in [5, 5.41) is 0. The summed E-state index contributed by atoms with van der Waals surface area (Å²) < 4.78 is 5.61. The summed E-state index contributed by atoms with van der Waals surface area (Å²) in [6.45, 7) is 3.82. The quantitative estimate of drug-likeness (QED) is 0.800. The molecule has 1 aromatic rings. The number of rotatable bonds is 4. The third kappa shape index (κ3) is 3.58. The number of thiophene rings is 1. The third-order valence-corrected chi connectivity index (χ3v) is 8.09. The molecule has 3 fully saturated rings. The standard InChI is InChI=1S/C21H32N2O2S/c1-22-14-17(25-2)13-21(20(22)24)9-11-23(12-10-21)15-18-7-8-19(26-18)16-5-3-4-6-16/h7-8,16-17H,3-6,9-15H2,1-2H3. The van der Waals surface area contributed by atoms with E-state index in [1.54, 1.807) is 12.0 Å². The number of methoxy groups -OCH3 is 1. The highest BCUT2D eigenvalue weighted by Crippen LogP contribution is 2.42. The Morgan fingerprint density at radius 1 is 1.23 bits per heavy atom. The molecule has 1 unspecified atom stereocenters. The van der Waals surface area contributed by atoms with Crippen molar-refractivity contribution in [3.05, 3.63) is 21.9 Å². The van der Waals surface area contributed by atoms with Crippen molar-refractivity contribution in [2.75, 3.05) is 33.8 Å². The van der Waals surface area contributed by atoms with Crippen LogP contribution in [0.5, 0.6) is 0 Å². The highest BCUT2D eigenvalue weighted by Gasteiger charge is 2.47. The second-order valence-electron chi connectivity index (χ2n) is 8.59. The molecular formula is C21H32N2O2S. The molecule has 1 amide bonds. The average Bonchev–Trinajstić information content (AvgIpc) is 3.33. The number of likely N-dealkylation sites (tertiary alicyclic amines) is 2. The van der Waals surface area contributed by atoms with Gasteiger partial charge in [0.25, 0.3) is 0 Å². The summed E-state index contributed by atoms with van der Waals surface area (Å²) in [6.07, 6.45) is 8.58. The van der Waals surface area contributed by atoms with Gasteiger partial charge in [-0.3, -0.25) is 9.69 Å². The van der Waals surface area contributed by atoms with Crippen LogP contribution in [0.3, 0.4) is 0 Å². The predicted octanol–water partition coefficient (Wildman–Crippen LogP) is 3.87. The van der Waals surface area contributed by atoms with Crippen LogP contribution >= 0.6 is 11.3 Å². The lowest BCUT2D eigenvalue weighted by Crippen LogP contribution is -2.56. The third-order valence-electron chi connectivity index (χ3n) is 6.86. The van der Waals surface area contributed by atoms with Gasteiger partial charge in [0.05, 0.1) is 11.5 Å². The second-order valence-corrected chi connectivity index (χ2v) is 9.79. The van der Waals surface area contributed by atoms with Gasteiger partial charge in [-0.2, -0.15) is 0 Å². The summed E-state index contributed by atoms with van der Waals surface area (Å²) in [4.78, 5) is 20.3. The first kappa shape index (κ1) is 18.5. The Balaban J connectivity index is 1.35. The van der Waals surface area contributed by atoms with Gasteiger partial charge < -0.3 is 9.64 Å². The van der Waals surface area contributed by atoms with E-state index in [4.69, 9.17) is 4.74 Å². The lowest BCUT2D eigenvalue weighted by molar-refractivity contribution is -0.156. The molecular weight excluding hydrogens is 344 g/mol. The smallest absolute Gasteiger partial charge is 0.228 e. The Morgan fingerprint density at radius 3 is 2.65 bits per heavy atom. The van der Waals surface area contributed by atoms with Crippen molar-refractivity contribution >= 4 is 17.2 Å². The molecule has 4 nitrogen and oxygen atoms in total. The number of ether oxygens (including phenoxy) is 1. The molecule has 1 aromatic heterocycles. The van der Waals surface area contributed by atoms with Crippen LogP contribution in [0.1, 0.15) is 60.6 Å². The van der Waals surface area contributed by atoms with Crippen molar-refractivity contribution in [2.45, 2.75) is 63.5 Å². The van der Waals surface area contributed by atoms with Gasteiger partial charge in [0.15, 0.2) is 0 Å². The molecule has 26 heavy (non-hydrogen) atoms. The first-order valence-electron chi connectivity index (χ1n) is 10.2. The Morgan fingerprint density at radius 2 is 1.96 bits per heavy atom. The zero-order chi connectivity index (χ0) is 18.1. The molecule has 0 bridgehead atoms. The van der Waals surface area contributed by atoms with Crippen molar-refractivity contribution in [1.82, 2.24) is 9.80 Å². The molecule has 0 aromatic carbocycles. The molecule has 5 heteroatoms. The van der Waals surface area contributed by atoms with E-state index in [2.05, 4.69) is 17.0 Å².